The number of nitrogens with one attached hydrogen (secondary N) is 2. The molecule has 30 heavy (non-hydrogen) atoms. The number of aromatic amines is 1. The summed E-state index contributed by atoms with van der Waals surface area (Å²) in [5.74, 6) is 0.892. The summed E-state index contributed by atoms with van der Waals surface area (Å²) in [4.78, 5) is 16.8. The number of hydrogen-bond acceptors (Lipinski definition) is 2. The molecule has 4 aromatic rings. The third kappa shape index (κ3) is 2.02. The maximum absolute atomic E-state index is 13.1. The molecular formula is C26H22N2O2. The van der Waals surface area contributed by atoms with E-state index in [1.165, 1.54) is 33.0 Å². The van der Waals surface area contributed by atoms with Gasteiger partial charge in [0.2, 0.25) is 0 Å². The third-order valence-electron chi connectivity index (χ3n) is 7.36. The van der Waals surface area contributed by atoms with E-state index >= 15 is 0 Å². The van der Waals surface area contributed by atoms with Gasteiger partial charge in [0.05, 0.1) is 11.1 Å². The van der Waals surface area contributed by atoms with Crippen molar-refractivity contribution in [1.82, 2.24) is 10.3 Å². The van der Waals surface area contributed by atoms with Gasteiger partial charge in [0, 0.05) is 47.5 Å². The molecule has 1 unspecified atom stereocenters. The van der Waals surface area contributed by atoms with Crippen LogP contribution >= 0.6 is 0 Å². The zero-order valence-electron chi connectivity index (χ0n) is 16.6. The number of para-hydroxylation sites is 1. The van der Waals surface area contributed by atoms with E-state index in [4.69, 9.17) is 4.74 Å². The second kappa shape index (κ2) is 5.96. The van der Waals surface area contributed by atoms with E-state index in [-0.39, 0.29) is 5.91 Å². The van der Waals surface area contributed by atoms with Gasteiger partial charge >= 0.3 is 0 Å². The lowest BCUT2D eigenvalue weighted by Crippen LogP contribution is -2.22. The minimum Gasteiger partial charge on any atom is -0.381 e. The number of ether oxygens (including phenoxy) is 1. The molecule has 148 valence electrons. The Hall–Kier alpha value is -3.11. The van der Waals surface area contributed by atoms with Crippen molar-refractivity contribution in [2.75, 3.05) is 13.2 Å². The van der Waals surface area contributed by atoms with Crippen LogP contribution in [0.5, 0.6) is 0 Å². The Morgan fingerprint density at radius 3 is 2.63 bits per heavy atom. The van der Waals surface area contributed by atoms with Crippen molar-refractivity contribution in [2.45, 2.75) is 25.3 Å². The summed E-state index contributed by atoms with van der Waals surface area (Å²) in [6.07, 6.45) is 2.12. The van der Waals surface area contributed by atoms with Crippen LogP contribution in [-0.4, -0.2) is 24.1 Å². The normalized spacial score (nSPS) is 20.4. The van der Waals surface area contributed by atoms with Gasteiger partial charge in [-0.3, -0.25) is 4.79 Å². The lowest BCUT2D eigenvalue weighted by molar-refractivity contribution is 0.0621. The maximum atomic E-state index is 13.1. The van der Waals surface area contributed by atoms with Crippen molar-refractivity contribution in [2.24, 2.45) is 5.92 Å². The van der Waals surface area contributed by atoms with Crippen molar-refractivity contribution in [3.63, 3.8) is 0 Å². The quantitative estimate of drug-likeness (QED) is 0.472. The number of H-pyrrole nitrogens is 1. The topological polar surface area (TPSA) is 54.1 Å². The highest BCUT2D eigenvalue weighted by Crippen LogP contribution is 2.56. The van der Waals surface area contributed by atoms with Crippen LogP contribution in [0.4, 0.5) is 0 Å². The van der Waals surface area contributed by atoms with Gasteiger partial charge < -0.3 is 15.0 Å². The highest BCUT2D eigenvalue weighted by Gasteiger charge is 2.42. The van der Waals surface area contributed by atoms with E-state index in [0.29, 0.717) is 18.4 Å². The number of benzene rings is 3. The summed E-state index contributed by atoms with van der Waals surface area (Å²) in [6, 6.07) is 17.2. The average Bonchev–Trinajstić information content (AvgIpc) is 3.45. The number of carbonyl (C=O) groups excluding carboxylic acids is 1. The van der Waals surface area contributed by atoms with Crippen molar-refractivity contribution < 1.29 is 9.53 Å². The first-order valence-corrected chi connectivity index (χ1v) is 10.9. The molecule has 0 spiro atoms. The van der Waals surface area contributed by atoms with E-state index in [1.807, 2.05) is 0 Å². The second-order valence-electron chi connectivity index (χ2n) is 8.76. The standard InChI is InChI=1S/C26H22N2O2/c29-26-23-18(13-27-26)21-17-7-3-4-8-19(17)28-25(21)24-20(14-9-11-30-12-10-14)15-5-1-2-6-16(15)22(23)24/h1-8,14,20,28H,9-13H2,(H,27,29). The minimum absolute atomic E-state index is 0.0656. The minimum atomic E-state index is 0.0656. The zero-order valence-corrected chi connectivity index (χ0v) is 16.6. The Kier molecular flexibility index (Phi) is 3.31. The number of aromatic nitrogens is 1. The van der Waals surface area contributed by atoms with Gasteiger partial charge in [-0.25, -0.2) is 0 Å². The Balaban J connectivity index is 1.66. The summed E-state index contributed by atoms with van der Waals surface area (Å²) in [5, 5.41) is 5.55. The summed E-state index contributed by atoms with van der Waals surface area (Å²) in [5.41, 5.74) is 9.48. The number of carbonyl (C=O) groups is 1. The van der Waals surface area contributed by atoms with Crippen LogP contribution in [0.2, 0.25) is 0 Å². The van der Waals surface area contributed by atoms with Gasteiger partial charge in [0.25, 0.3) is 5.91 Å². The number of fused-ring (bicyclic) bond motifs is 10. The summed E-state index contributed by atoms with van der Waals surface area (Å²) >= 11 is 0. The molecule has 3 aliphatic rings. The average molecular weight is 394 g/mol. The predicted octanol–water partition coefficient (Wildman–Crippen LogP) is 5.10. The molecule has 2 N–H and O–H groups in total. The van der Waals surface area contributed by atoms with E-state index in [2.05, 4.69) is 58.8 Å². The SMILES string of the molecule is O=C1NCc2c1c1c(c3[nH]c4ccccc4c23)C(C2CCOCC2)c2ccccc2-1. The van der Waals surface area contributed by atoms with Crippen LogP contribution in [0.3, 0.4) is 0 Å². The van der Waals surface area contributed by atoms with Crippen LogP contribution in [0.1, 0.15) is 45.8 Å². The molecule has 3 aromatic carbocycles. The Morgan fingerprint density at radius 1 is 0.933 bits per heavy atom. The molecule has 0 radical (unpaired) electrons. The molecular weight excluding hydrogens is 372 g/mol. The van der Waals surface area contributed by atoms with Gasteiger partial charge in [-0.2, -0.15) is 0 Å². The van der Waals surface area contributed by atoms with Gasteiger partial charge in [-0.15, -0.1) is 0 Å². The molecule has 0 saturated carbocycles. The summed E-state index contributed by atoms with van der Waals surface area (Å²) in [7, 11) is 0. The largest absolute Gasteiger partial charge is 0.381 e. The van der Waals surface area contributed by atoms with E-state index in [9.17, 15) is 4.79 Å². The maximum Gasteiger partial charge on any atom is 0.252 e. The van der Waals surface area contributed by atoms with E-state index in [0.717, 1.165) is 48.3 Å². The molecule has 2 aliphatic heterocycles. The van der Waals surface area contributed by atoms with Crippen molar-refractivity contribution in [3.8, 4) is 11.1 Å². The number of hydrogen-bond donors (Lipinski definition) is 2. The molecule has 0 bridgehead atoms. The van der Waals surface area contributed by atoms with Crippen LogP contribution in [0, 0.1) is 5.92 Å². The highest BCUT2D eigenvalue weighted by atomic mass is 16.5. The fourth-order valence-corrected chi connectivity index (χ4v) is 6.16. The van der Waals surface area contributed by atoms with Crippen molar-refractivity contribution in [1.29, 1.82) is 0 Å². The van der Waals surface area contributed by atoms with Crippen LogP contribution in [0.15, 0.2) is 48.5 Å². The number of amides is 1. The second-order valence-corrected chi connectivity index (χ2v) is 8.76. The van der Waals surface area contributed by atoms with Crippen LogP contribution < -0.4 is 5.32 Å². The smallest absolute Gasteiger partial charge is 0.252 e. The molecule has 7 rings (SSSR count). The molecule has 1 aliphatic carbocycles. The molecule has 1 atom stereocenters. The molecule has 1 fully saturated rings. The lowest BCUT2D eigenvalue weighted by atomic mass is 9.78. The van der Waals surface area contributed by atoms with Gasteiger partial charge in [0.15, 0.2) is 0 Å². The highest BCUT2D eigenvalue weighted by molar-refractivity contribution is 6.19. The Labute approximate surface area is 174 Å². The summed E-state index contributed by atoms with van der Waals surface area (Å²) < 4.78 is 5.69. The Bertz CT molecular complexity index is 1360. The molecule has 1 amide bonds. The van der Waals surface area contributed by atoms with Gasteiger partial charge in [0.1, 0.15) is 0 Å². The van der Waals surface area contributed by atoms with Crippen molar-refractivity contribution in [3.05, 3.63) is 70.8 Å². The van der Waals surface area contributed by atoms with Crippen LogP contribution in [0.25, 0.3) is 32.9 Å². The van der Waals surface area contributed by atoms with Crippen molar-refractivity contribution >= 4 is 27.7 Å². The third-order valence-corrected chi connectivity index (χ3v) is 7.36. The first-order chi connectivity index (χ1) is 14.8. The Morgan fingerprint density at radius 2 is 1.73 bits per heavy atom. The fraction of sp³-hybridized carbons (Fsp3) is 0.269. The summed E-state index contributed by atoms with van der Waals surface area (Å²) in [6.45, 7) is 2.24. The first kappa shape index (κ1) is 16.7. The molecule has 1 saturated heterocycles. The lowest BCUT2D eigenvalue weighted by Gasteiger charge is -2.29. The molecule has 3 heterocycles. The molecule has 4 heteroatoms. The van der Waals surface area contributed by atoms with Gasteiger partial charge in [-0.1, -0.05) is 42.5 Å². The van der Waals surface area contributed by atoms with E-state index < -0.39 is 0 Å². The first-order valence-electron chi connectivity index (χ1n) is 10.9. The number of rotatable bonds is 1. The predicted molar refractivity (Wildman–Crippen MR) is 118 cm³/mol. The van der Waals surface area contributed by atoms with Crippen LogP contribution in [-0.2, 0) is 11.3 Å². The fourth-order valence-electron chi connectivity index (χ4n) is 6.16. The zero-order chi connectivity index (χ0) is 19.8. The monoisotopic (exact) mass is 394 g/mol. The van der Waals surface area contributed by atoms with E-state index in [1.54, 1.807) is 0 Å². The molecule has 4 nitrogen and oxygen atoms in total. The molecule has 1 aromatic heterocycles. The van der Waals surface area contributed by atoms with Gasteiger partial charge in [-0.05, 0) is 47.1 Å².